The minimum Gasteiger partial charge on any atom is -0.458 e. The van der Waals surface area contributed by atoms with Gasteiger partial charge < -0.3 is 4.74 Å². The van der Waals surface area contributed by atoms with Gasteiger partial charge in [-0.1, -0.05) is 92.6 Å². The van der Waals surface area contributed by atoms with E-state index >= 15 is 0 Å². The number of nitrogens with zero attached hydrogens (tertiary/aromatic N) is 4. The lowest BCUT2D eigenvalue weighted by Crippen LogP contribution is -2.33. The van der Waals surface area contributed by atoms with E-state index in [-0.39, 0.29) is 16.2 Å². The fourth-order valence-electron chi connectivity index (χ4n) is 6.77. The van der Waals surface area contributed by atoms with E-state index in [1.165, 1.54) is 22.1 Å². The van der Waals surface area contributed by atoms with Crippen molar-refractivity contribution >= 4 is 21.8 Å². The van der Waals surface area contributed by atoms with Crippen LogP contribution in [0.25, 0.3) is 39.0 Å². The summed E-state index contributed by atoms with van der Waals surface area (Å²) in [4.78, 5) is 4.84. The summed E-state index contributed by atoms with van der Waals surface area (Å²) in [5, 5.41) is 2.35. The molecule has 0 amide bonds. The van der Waals surface area contributed by atoms with Gasteiger partial charge in [0.25, 0.3) is 6.33 Å². The number of imidazole rings is 1. The summed E-state index contributed by atoms with van der Waals surface area (Å²) < 4.78 is 13.2. The fourth-order valence-corrected chi connectivity index (χ4v) is 6.77. The van der Waals surface area contributed by atoms with Crippen LogP contribution in [0, 0.1) is 20.2 Å². The van der Waals surface area contributed by atoms with Gasteiger partial charge in [-0.2, -0.15) is 0 Å². The van der Waals surface area contributed by atoms with Crippen molar-refractivity contribution in [2.45, 2.75) is 92.4 Å². The fraction of sp³-hybridized carbons (Fsp3) is 0.304. The number of pyridine rings is 1. The lowest BCUT2D eigenvalue weighted by Gasteiger charge is -2.26. The Morgan fingerprint density at radius 2 is 1.25 bits per heavy atom. The maximum atomic E-state index is 6.61. The molecule has 0 atom stereocenters. The normalized spacial score (nSPS) is 12.6. The predicted octanol–water partition coefficient (Wildman–Crippen LogP) is 11.3. The summed E-state index contributed by atoms with van der Waals surface area (Å²) in [6.45, 7) is 24.7. The molecule has 5 nitrogen and oxygen atoms in total. The minimum absolute atomic E-state index is 0.00881. The third kappa shape index (κ3) is 6.46. The largest absolute Gasteiger partial charge is 0.458 e. The third-order valence-corrected chi connectivity index (χ3v) is 10.1. The SMILES string of the molecule is Cc1c(C)[n+](-c2cc(C(C)(C)C)cc(C(C)(C)C)c2)[c-]n1-c1cccc(Oc2ccc3c4ccccc4n(-c4cc(C(C)(C)C)ccn4)c3c2)c1. The average molecular weight is 675 g/mol. The molecule has 0 fully saturated rings. The van der Waals surface area contributed by atoms with Gasteiger partial charge in [-0.3, -0.25) is 13.7 Å². The summed E-state index contributed by atoms with van der Waals surface area (Å²) in [7, 11) is 0. The average Bonchev–Trinajstić information content (AvgIpc) is 3.56. The maximum absolute atomic E-state index is 6.61. The summed E-state index contributed by atoms with van der Waals surface area (Å²) in [6.07, 6.45) is 5.59. The van der Waals surface area contributed by atoms with Crippen molar-refractivity contribution in [3.8, 4) is 28.7 Å². The van der Waals surface area contributed by atoms with Crippen LogP contribution in [0.5, 0.6) is 11.5 Å². The second-order valence-electron chi connectivity index (χ2n) is 17.0. The number of fused-ring (bicyclic) bond motifs is 3. The maximum Gasteiger partial charge on any atom is 0.269 e. The second kappa shape index (κ2) is 12.3. The van der Waals surface area contributed by atoms with E-state index in [2.05, 4.69) is 181 Å². The first-order valence-corrected chi connectivity index (χ1v) is 18.0. The molecule has 3 aromatic heterocycles. The molecule has 0 aliphatic heterocycles. The van der Waals surface area contributed by atoms with Crippen molar-refractivity contribution in [1.29, 1.82) is 0 Å². The number of benzene rings is 4. The molecule has 0 N–H and O–H groups in total. The molecule has 0 aliphatic rings. The molecule has 51 heavy (non-hydrogen) atoms. The molecule has 7 rings (SSSR count). The Kier molecular flexibility index (Phi) is 8.24. The van der Waals surface area contributed by atoms with Gasteiger partial charge in [0.05, 0.1) is 33.8 Å². The van der Waals surface area contributed by atoms with Gasteiger partial charge in [0.2, 0.25) is 0 Å². The zero-order valence-electron chi connectivity index (χ0n) is 32.0. The van der Waals surface area contributed by atoms with Crippen molar-refractivity contribution in [2.24, 2.45) is 0 Å². The number of aromatic nitrogens is 4. The van der Waals surface area contributed by atoms with E-state index in [1.54, 1.807) is 0 Å². The molecule has 0 spiro atoms. The van der Waals surface area contributed by atoms with Crippen molar-refractivity contribution in [1.82, 2.24) is 14.1 Å². The number of hydrogen-bond acceptors (Lipinski definition) is 2. The molecule has 0 saturated carbocycles. The highest BCUT2D eigenvalue weighted by molar-refractivity contribution is 6.09. The van der Waals surface area contributed by atoms with Crippen LogP contribution in [0.15, 0.2) is 103 Å². The Balaban J connectivity index is 1.27. The molecule has 5 heteroatoms. The Hall–Kier alpha value is -5.16. The second-order valence-corrected chi connectivity index (χ2v) is 17.0. The number of para-hydroxylation sites is 1. The van der Waals surface area contributed by atoms with Gasteiger partial charge in [-0.15, -0.1) is 0 Å². The quantitative estimate of drug-likeness (QED) is 0.135. The molecule has 3 heterocycles. The van der Waals surface area contributed by atoms with Gasteiger partial charge in [0.15, 0.2) is 0 Å². The Morgan fingerprint density at radius 3 is 1.94 bits per heavy atom. The van der Waals surface area contributed by atoms with Crippen LogP contribution in [0.4, 0.5) is 0 Å². The zero-order valence-corrected chi connectivity index (χ0v) is 32.0. The topological polar surface area (TPSA) is 35.9 Å². The Morgan fingerprint density at radius 1 is 0.608 bits per heavy atom. The van der Waals surface area contributed by atoms with Crippen LogP contribution >= 0.6 is 0 Å². The van der Waals surface area contributed by atoms with E-state index < -0.39 is 0 Å². The standard InChI is InChI=1S/C46H50N4O/c1-30-31(2)49(36-24-33(45(6,7)8)23-34(25-36)46(9,10)11)29-48(30)35-15-14-16-37(27-35)51-38-19-20-40-39-17-12-13-18-41(39)50(42(40)28-38)43-26-32(21-22-47-43)44(3,4)5/h12-28H,1-11H3. The van der Waals surface area contributed by atoms with E-state index in [9.17, 15) is 0 Å². The number of hydrogen-bond donors (Lipinski definition) is 0. The molecule has 0 bridgehead atoms. The van der Waals surface area contributed by atoms with Gasteiger partial charge in [0.1, 0.15) is 17.3 Å². The van der Waals surface area contributed by atoms with Crippen molar-refractivity contribution in [3.05, 3.63) is 138 Å². The highest BCUT2D eigenvalue weighted by atomic mass is 16.5. The molecule has 4 aromatic carbocycles. The van der Waals surface area contributed by atoms with Crippen LogP contribution in [0.2, 0.25) is 0 Å². The Bertz CT molecular complexity index is 2390. The van der Waals surface area contributed by atoms with E-state index in [4.69, 9.17) is 9.72 Å². The van der Waals surface area contributed by atoms with E-state index in [0.29, 0.717) is 0 Å². The minimum atomic E-state index is 0.00881. The molecule has 0 aliphatic carbocycles. The molecular formula is C46H50N4O. The van der Waals surface area contributed by atoms with Crippen LogP contribution in [-0.2, 0) is 16.2 Å². The van der Waals surface area contributed by atoms with E-state index in [1.807, 2.05) is 18.3 Å². The first-order chi connectivity index (χ1) is 24.0. The van der Waals surface area contributed by atoms with Gasteiger partial charge in [-0.25, -0.2) is 4.98 Å². The molecular weight excluding hydrogens is 625 g/mol. The highest BCUT2D eigenvalue weighted by Crippen LogP contribution is 2.36. The van der Waals surface area contributed by atoms with E-state index in [0.717, 1.165) is 56.5 Å². The zero-order chi connectivity index (χ0) is 36.5. The smallest absolute Gasteiger partial charge is 0.269 e. The lowest BCUT2D eigenvalue weighted by atomic mass is 9.80. The lowest BCUT2D eigenvalue weighted by molar-refractivity contribution is -0.606. The number of ether oxygens (including phenoxy) is 1. The van der Waals surface area contributed by atoms with Crippen molar-refractivity contribution < 1.29 is 9.30 Å². The first-order valence-electron chi connectivity index (χ1n) is 18.0. The molecule has 260 valence electrons. The van der Waals surface area contributed by atoms with Crippen LogP contribution in [0.1, 0.15) is 90.4 Å². The molecule has 0 unspecified atom stereocenters. The van der Waals surface area contributed by atoms with Gasteiger partial charge >= 0.3 is 0 Å². The molecule has 0 saturated heterocycles. The predicted molar refractivity (Wildman–Crippen MR) is 210 cm³/mol. The monoisotopic (exact) mass is 674 g/mol. The van der Waals surface area contributed by atoms with Gasteiger partial charge in [0, 0.05) is 23.0 Å². The summed E-state index contributed by atoms with van der Waals surface area (Å²) in [5.41, 5.74) is 10.5. The summed E-state index contributed by atoms with van der Waals surface area (Å²) >= 11 is 0. The van der Waals surface area contributed by atoms with Crippen LogP contribution in [0.3, 0.4) is 0 Å². The van der Waals surface area contributed by atoms with Crippen LogP contribution in [-0.4, -0.2) is 14.1 Å². The highest BCUT2D eigenvalue weighted by Gasteiger charge is 2.23. The Labute approximate surface area is 303 Å². The molecule has 7 aromatic rings. The van der Waals surface area contributed by atoms with Gasteiger partial charge in [-0.05, 0) is 107 Å². The molecule has 0 radical (unpaired) electrons. The van der Waals surface area contributed by atoms with Crippen LogP contribution < -0.4 is 9.30 Å². The first kappa shape index (κ1) is 34.3. The summed E-state index contributed by atoms with van der Waals surface area (Å²) in [5.74, 6) is 2.43. The third-order valence-electron chi connectivity index (χ3n) is 10.1. The van der Waals surface area contributed by atoms with Crippen molar-refractivity contribution in [2.75, 3.05) is 0 Å². The number of rotatable bonds is 5. The summed E-state index contributed by atoms with van der Waals surface area (Å²) in [6, 6.07) is 34.4. The van der Waals surface area contributed by atoms with Crippen molar-refractivity contribution in [3.63, 3.8) is 0 Å².